The molecular weight excluding hydrogens is 518 g/mol. The van der Waals surface area contributed by atoms with Gasteiger partial charge >= 0.3 is 0 Å². The minimum absolute atomic E-state index is 0.0890. The second kappa shape index (κ2) is 9.99. The number of hydrogen-bond acceptors (Lipinski definition) is 5. The number of aromatic amines is 1. The maximum atomic E-state index is 15.6. The molecule has 1 aliphatic heterocycles. The van der Waals surface area contributed by atoms with Gasteiger partial charge in [0.1, 0.15) is 24.5 Å². The van der Waals surface area contributed by atoms with Gasteiger partial charge in [-0.05, 0) is 18.2 Å². The van der Waals surface area contributed by atoms with E-state index in [1.807, 2.05) is 6.07 Å². The van der Waals surface area contributed by atoms with Crippen LogP contribution >= 0.6 is 0 Å². The molecule has 2 atom stereocenters. The van der Waals surface area contributed by atoms with Gasteiger partial charge in [0.05, 0.1) is 35.1 Å². The lowest BCUT2D eigenvalue weighted by molar-refractivity contribution is -0.137. The van der Waals surface area contributed by atoms with Crippen LogP contribution in [0.25, 0.3) is 33.1 Å². The molecule has 3 aromatic carbocycles. The fraction of sp³-hybridized carbons (Fsp3) is 0.207. The van der Waals surface area contributed by atoms with Crippen molar-refractivity contribution < 1.29 is 23.2 Å². The number of imidazole rings is 1. The number of amides is 2. The summed E-state index contributed by atoms with van der Waals surface area (Å²) in [4.78, 5) is 47.0. The van der Waals surface area contributed by atoms with Gasteiger partial charge in [0.15, 0.2) is 11.6 Å². The third kappa shape index (κ3) is 4.39. The molecule has 1 saturated heterocycles. The second-order valence-electron chi connectivity index (χ2n) is 9.74. The molecule has 202 valence electrons. The summed E-state index contributed by atoms with van der Waals surface area (Å²) in [7, 11) is 0. The van der Waals surface area contributed by atoms with E-state index >= 15 is 4.39 Å². The van der Waals surface area contributed by atoms with Gasteiger partial charge in [-0.2, -0.15) is 5.10 Å². The van der Waals surface area contributed by atoms with Crippen LogP contribution in [0.1, 0.15) is 23.8 Å². The SMILES string of the molecule is CC(=O)c1nn(CC(=O)N2C[C@H](F)C[C@H]2C(=O)Nc2cccc(-c3cccc4[nH]cnc34)c2F)c2ccccc12. The Morgan fingerprint density at radius 2 is 1.82 bits per heavy atom. The number of carbonyl (C=O) groups excluding carboxylic acids is 3. The Morgan fingerprint density at radius 3 is 2.65 bits per heavy atom. The molecule has 2 N–H and O–H groups in total. The Balaban J connectivity index is 1.25. The Bertz CT molecular complexity index is 1800. The van der Waals surface area contributed by atoms with E-state index in [1.54, 1.807) is 48.5 Å². The maximum Gasteiger partial charge on any atom is 0.247 e. The van der Waals surface area contributed by atoms with E-state index in [2.05, 4.69) is 20.4 Å². The first-order valence-corrected chi connectivity index (χ1v) is 12.7. The number of fused-ring (bicyclic) bond motifs is 2. The van der Waals surface area contributed by atoms with Crippen molar-refractivity contribution in [3.05, 3.63) is 78.5 Å². The molecule has 0 radical (unpaired) electrons. The molecule has 0 saturated carbocycles. The minimum Gasteiger partial charge on any atom is -0.345 e. The Labute approximate surface area is 226 Å². The highest BCUT2D eigenvalue weighted by Gasteiger charge is 2.40. The number of carbonyl (C=O) groups is 3. The van der Waals surface area contributed by atoms with Crippen molar-refractivity contribution in [3.63, 3.8) is 0 Å². The molecule has 3 heterocycles. The van der Waals surface area contributed by atoms with E-state index in [9.17, 15) is 18.8 Å². The third-order valence-corrected chi connectivity index (χ3v) is 7.15. The first-order chi connectivity index (χ1) is 19.3. The van der Waals surface area contributed by atoms with Crippen molar-refractivity contribution >= 4 is 45.2 Å². The smallest absolute Gasteiger partial charge is 0.247 e. The van der Waals surface area contributed by atoms with Gasteiger partial charge in [-0.15, -0.1) is 0 Å². The van der Waals surface area contributed by atoms with Gasteiger partial charge in [0.2, 0.25) is 11.8 Å². The molecule has 2 aromatic heterocycles. The number of hydrogen-bond donors (Lipinski definition) is 2. The van der Waals surface area contributed by atoms with Crippen molar-refractivity contribution in [1.29, 1.82) is 0 Å². The number of H-pyrrole nitrogens is 1. The minimum atomic E-state index is -1.42. The normalized spacial score (nSPS) is 17.0. The number of rotatable bonds is 6. The van der Waals surface area contributed by atoms with Crippen LogP contribution in [0.3, 0.4) is 0 Å². The maximum absolute atomic E-state index is 15.6. The zero-order valence-corrected chi connectivity index (χ0v) is 21.4. The highest BCUT2D eigenvalue weighted by molar-refractivity contribution is 6.05. The lowest BCUT2D eigenvalue weighted by Crippen LogP contribution is -2.44. The average Bonchev–Trinajstić information content (AvgIpc) is 3.67. The van der Waals surface area contributed by atoms with Crippen molar-refractivity contribution in [3.8, 4) is 11.1 Å². The molecule has 1 aliphatic rings. The summed E-state index contributed by atoms with van der Waals surface area (Å²) in [5.41, 5.74) is 2.81. The van der Waals surface area contributed by atoms with Gasteiger partial charge < -0.3 is 15.2 Å². The fourth-order valence-electron chi connectivity index (χ4n) is 5.27. The number of nitrogens with zero attached hydrogens (tertiary/aromatic N) is 4. The Hall–Kier alpha value is -4.93. The molecule has 1 fully saturated rings. The van der Waals surface area contributed by atoms with E-state index in [-0.39, 0.29) is 42.2 Å². The number of halogens is 2. The number of para-hydroxylation sites is 2. The largest absolute Gasteiger partial charge is 0.345 e. The highest BCUT2D eigenvalue weighted by Crippen LogP contribution is 2.32. The van der Waals surface area contributed by atoms with Crippen molar-refractivity contribution in [1.82, 2.24) is 24.6 Å². The molecule has 2 amide bonds. The van der Waals surface area contributed by atoms with Crippen molar-refractivity contribution in [2.75, 3.05) is 11.9 Å². The van der Waals surface area contributed by atoms with Gasteiger partial charge in [0.25, 0.3) is 0 Å². The van der Waals surface area contributed by atoms with Crippen LogP contribution < -0.4 is 5.32 Å². The number of alkyl halides is 1. The average molecular weight is 543 g/mol. The molecule has 9 nitrogen and oxygen atoms in total. The van der Waals surface area contributed by atoms with Crippen LogP contribution in [0.4, 0.5) is 14.5 Å². The van der Waals surface area contributed by atoms with E-state index in [1.165, 1.54) is 24.0 Å². The monoisotopic (exact) mass is 542 g/mol. The molecule has 6 rings (SSSR count). The van der Waals surface area contributed by atoms with E-state index in [4.69, 9.17) is 0 Å². The lowest BCUT2D eigenvalue weighted by atomic mass is 10.0. The quantitative estimate of drug-likeness (QED) is 0.307. The second-order valence-corrected chi connectivity index (χ2v) is 9.74. The van der Waals surface area contributed by atoms with Crippen molar-refractivity contribution in [2.45, 2.75) is 32.1 Å². The Morgan fingerprint density at radius 1 is 1.05 bits per heavy atom. The summed E-state index contributed by atoms with van der Waals surface area (Å²) in [6, 6.07) is 15.8. The molecular formula is C29H24F2N6O3. The molecule has 40 heavy (non-hydrogen) atoms. The predicted octanol–water partition coefficient (Wildman–Crippen LogP) is 4.50. The summed E-state index contributed by atoms with van der Waals surface area (Å²) in [6.45, 7) is 0.819. The summed E-state index contributed by atoms with van der Waals surface area (Å²) >= 11 is 0. The first-order valence-electron chi connectivity index (χ1n) is 12.7. The van der Waals surface area contributed by atoms with Crippen LogP contribution in [0.2, 0.25) is 0 Å². The van der Waals surface area contributed by atoms with Crippen LogP contribution in [0.5, 0.6) is 0 Å². The number of Topliss-reactive ketones (excluding diaryl/α,β-unsaturated/α-hetero) is 1. The lowest BCUT2D eigenvalue weighted by Gasteiger charge is -2.24. The van der Waals surface area contributed by atoms with Gasteiger partial charge in [-0.3, -0.25) is 19.1 Å². The van der Waals surface area contributed by atoms with Gasteiger partial charge in [-0.25, -0.2) is 13.8 Å². The first kappa shape index (κ1) is 25.4. The van der Waals surface area contributed by atoms with E-state index in [0.717, 1.165) is 10.4 Å². The standard InChI is InChI=1S/C29H24F2N6O3/c1-16(38)27-20-6-2-3-11-23(20)37(35-27)14-25(39)36-13-17(30)12-24(36)29(40)34-21-9-4-7-18(26(21)31)19-8-5-10-22-28(19)33-15-32-22/h2-11,15,17,24H,12-14H2,1H3,(H,32,33)(H,34,40)/t17-,24+/m1/s1. The number of anilines is 1. The number of ketones is 1. The third-order valence-electron chi connectivity index (χ3n) is 7.15. The van der Waals surface area contributed by atoms with Crippen molar-refractivity contribution in [2.24, 2.45) is 0 Å². The van der Waals surface area contributed by atoms with Crippen LogP contribution in [-0.4, -0.2) is 61.0 Å². The molecule has 0 aliphatic carbocycles. The summed E-state index contributed by atoms with van der Waals surface area (Å²) in [5, 5.41) is 7.45. The number of nitrogens with one attached hydrogen (secondary N) is 2. The van der Waals surface area contributed by atoms with E-state index < -0.39 is 29.8 Å². The fourth-order valence-corrected chi connectivity index (χ4v) is 5.27. The number of benzene rings is 3. The predicted molar refractivity (Wildman–Crippen MR) is 145 cm³/mol. The number of likely N-dealkylation sites (tertiary alicyclic amines) is 1. The molecule has 0 spiro atoms. The Kier molecular flexibility index (Phi) is 6.33. The molecule has 5 aromatic rings. The zero-order valence-electron chi connectivity index (χ0n) is 21.4. The zero-order chi connectivity index (χ0) is 28.0. The summed E-state index contributed by atoms with van der Waals surface area (Å²) in [5.74, 6) is -2.16. The van der Waals surface area contributed by atoms with Gasteiger partial charge in [0, 0.05) is 29.9 Å². The molecule has 11 heteroatoms. The van der Waals surface area contributed by atoms with Gasteiger partial charge in [-0.1, -0.05) is 42.5 Å². The topological polar surface area (TPSA) is 113 Å². The van der Waals surface area contributed by atoms with E-state index in [0.29, 0.717) is 22.0 Å². The summed E-state index contributed by atoms with van der Waals surface area (Å²) < 4.78 is 31.6. The summed E-state index contributed by atoms with van der Waals surface area (Å²) in [6.07, 6.45) is -0.122. The van der Waals surface area contributed by atoms with Crippen LogP contribution in [-0.2, 0) is 16.1 Å². The number of aromatic nitrogens is 4. The van der Waals surface area contributed by atoms with Crippen LogP contribution in [0.15, 0.2) is 67.0 Å². The molecule has 0 unspecified atom stereocenters. The van der Waals surface area contributed by atoms with Crippen LogP contribution in [0, 0.1) is 5.82 Å². The molecule has 0 bridgehead atoms. The highest BCUT2D eigenvalue weighted by atomic mass is 19.1.